The topological polar surface area (TPSA) is 12.0 Å². The maximum absolute atomic E-state index is 13.4. The van der Waals surface area contributed by atoms with Crippen molar-refractivity contribution in [2.24, 2.45) is 0 Å². The Hall–Kier alpha value is -1.32. The van der Waals surface area contributed by atoms with E-state index >= 15 is 0 Å². The predicted octanol–water partition coefficient (Wildman–Crippen LogP) is 4.71. The van der Waals surface area contributed by atoms with Crippen LogP contribution in [0.5, 0.6) is 0 Å². The molecular formula is C17H20FNS. The number of rotatable bonds is 5. The summed E-state index contributed by atoms with van der Waals surface area (Å²) in [5.74, 6) is 0.721. The van der Waals surface area contributed by atoms with E-state index in [0.717, 1.165) is 16.2 Å². The number of nitrogens with one attached hydrogen (secondary N) is 1. The molecule has 0 fully saturated rings. The minimum atomic E-state index is -0.179. The summed E-state index contributed by atoms with van der Waals surface area (Å²) in [6.07, 6.45) is 0. The van der Waals surface area contributed by atoms with Gasteiger partial charge in [-0.05, 0) is 50.2 Å². The van der Waals surface area contributed by atoms with Crippen molar-refractivity contribution in [3.63, 3.8) is 0 Å². The van der Waals surface area contributed by atoms with Crippen LogP contribution in [-0.2, 0) is 5.75 Å². The number of hydrogen-bond acceptors (Lipinski definition) is 2. The maximum Gasteiger partial charge on any atom is 0.123 e. The first-order chi connectivity index (χ1) is 9.60. The lowest BCUT2D eigenvalue weighted by molar-refractivity contribution is 0.601. The summed E-state index contributed by atoms with van der Waals surface area (Å²) in [5, 5.41) is 3.18. The van der Waals surface area contributed by atoms with Crippen LogP contribution in [0.25, 0.3) is 0 Å². The average Bonchev–Trinajstić information content (AvgIpc) is 2.45. The summed E-state index contributed by atoms with van der Waals surface area (Å²) in [7, 11) is 1.89. The van der Waals surface area contributed by atoms with Gasteiger partial charge in [-0.1, -0.05) is 29.8 Å². The summed E-state index contributed by atoms with van der Waals surface area (Å²) < 4.78 is 13.4. The summed E-state index contributed by atoms with van der Waals surface area (Å²) in [6.45, 7) is 4.14. The lowest BCUT2D eigenvalue weighted by Gasteiger charge is -2.15. The molecule has 0 aromatic heterocycles. The molecule has 0 saturated carbocycles. The normalized spacial score (nSPS) is 12.4. The molecule has 2 rings (SSSR count). The Kier molecular flexibility index (Phi) is 5.21. The number of aryl methyl sites for hydroxylation is 1. The highest BCUT2D eigenvalue weighted by Crippen LogP contribution is 2.30. The molecule has 20 heavy (non-hydrogen) atoms. The van der Waals surface area contributed by atoms with Crippen LogP contribution < -0.4 is 5.32 Å². The molecule has 0 aliphatic carbocycles. The van der Waals surface area contributed by atoms with Crippen LogP contribution in [0.1, 0.15) is 29.7 Å². The van der Waals surface area contributed by atoms with Crippen molar-refractivity contribution in [3.05, 3.63) is 65.0 Å². The quantitative estimate of drug-likeness (QED) is 0.800. The molecule has 106 valence electrons. The summed E-state index contributed by atoms with van der Waals surface area (Å²) in [6, 6.07) is 13.7. The summed E-state index contributed by atoms with van der Waals surface area (Å²) >= 11 is 1.75. The molecular weight excluding hydrogens is 269 g/mol. The zero-order chi connectivity index (χ0) is 14.5. The molecule has 0 bridgehead atoms. The van der Waals surface area contributed by atoms with Crippen molar-refractivity contribution in [2.75, 3.05) is 7.05 Å². The van der Waals surface area contributed by atoms with E-state index in [4.69, 9.17) is 0 Å². The third-order valence-electron chi connectivity index (χ3n) is 3.35. The lowest BCUT2D eigenvalue weighted by Crippen LogP contribution is -2.13. The fourth-order valence-corrected chi connectivity index (χ4v) is 3.18. The molecule has 0 aliphatic heterocycles. The van der Waals surface area contributed by atoms with Crippen LogP contribution >= 0.6 is 11.8 Å². The van der Waals surface area contributed by atoms with Crippen LogP contribution in [0.4, 0.5) is 4.39 Å². The largest absolute Gasteiger partial charge is 0.313 e. The van der Waals surface area contributed by atoms with E-state index in [0.29, 0.717) is 0 Å². The summed E-state index contributed by atoms with van der Waals surface area (Å²) in [4.78, 5) is 1.13. The number of benzene rings is 2. The van der Waals surface area contributed by atoms with E-state index in [1.165, 1.54) is 17.2 Å². The molecule has 1 N–H and O–H groups in total. The van der Waals surface area contributed by atoms with Crippen molar-refractivity contribution in [1.29, 1.82) is 0 Å². The van der Waals surface area contributed by atoms with Crippen molar-refractivity contribution >= 4 is 11.8 Å². The van der Waals surface area contributed by atoms with Crippen LogP contribution in [0.15, 0.2) is 47.4 Å². The Morgan fingerprint density at radius 2 is 2.00 bits per heavy atom. The molecule has 0 amide bonds. The second kappa shape index (κ2) is 6.91. The van der Waals surface area contributed by atoms with Crippen LogP contribution in [0, 0.1) is 12.7 Å². The van der Waals surface area contributed by atoms with Gasteiger partial charge in [-0.25, -0.2) is 4.39 Å². The minimum Gasteiger partial charge on any atom is -0.313 e. The molecule has 0 spiro atoms. The molecule has 0 radical (unpaired) electrons. The molecule has 1 nitrogen and oxygen atoms in total. The molecule has 3 heteroatoms. The third-order valence-corrected chi connectivity index (χ3v) is 4.51. The summed E-state index contributed by atoms with van der Waals surface area (Å²) in [5.41, 5.74) is 3.58. The van der Waals surface area contributed by atoms with Gasteiger partial charge in [0.15, 0.2) is 0 Å². The van der Waals surface area contributed by atoms with Gasteiger partial charge in [-0.3, -0.25) is 0 Å². The average molecular weight is 289 g/mol. The Bertz CT molecular complexity index is 583. The molecule has 2 aromatic carbocycles. The van der Waals surface area contributed by atoms with Gasteiger partial charge in [-0.2, -0.15) is 0 Å². The Morgan fingerprint density at radius 1 is 1.20 bits per heavy atom. The first kappa shape index (κ1) is 15.1. The van der Waals surface area contributed by atoms with Crippen molar-refractivity contribution in [2.45, 2.75) is 30.5 Å². The Balaban J connectivity index is 2.16. The van der Waals surface area contributed by atoms with E-state index in [1.807, 2.05) is 20.0 Å². The molecule has 2 aromatic rings. The van der Waals surface area contributed by atoms with Gasteiger partial charge >= 0.3 is 0 Å². The number of hydrogen-bond donors (Lipinski definition) is 1. The fourth-order valence-electron chi connectivity index (χ4n) is 2.11. The molecule has 0 aliphatic rings. The fraction of sp³-hybridized carbons (Fsp3) is 0.294. The van der Waals surface area contributed by atoms with E-state index < -0.39 is 0 Å². The number of thioether (sulfide) groups is 1. The Labute approximate surface area is 124 Å². The molecule has 1 unspecified atom stereocenters. The standard InChI is InChI=1S/C17H20FNS/c1-12-5-4-6-14(9-12)11-20-17-8-7-15(18)10-16(17)13(2)19-3/h4-10,13,19H,11H2,1-3H3. The second-order valence-electron chi connectivity index (χ2n) is 4.97. The zero-order valence-corrected chi connectivity index (χ0v) is 12.9. The van der Waals surface area contributed by atoms with Gasteiger partial charge in [-0.15, -0.1) is 11.8 Å². The third kappa shape index (κ3) is 3.84. The van der Waals surface area contributed by atoms with Gasteiger partial charge < -0.3 is 5.32 Å². The highest BCUT2D eigenvalue weighted by atomic mass is 32.2. The monoisotopic (exact) mass is 289 g/mol. The highest BCUT2D eigenvalue weighted by Gasteiger charge is 2.11. The highest BCUT2D eigenvalue weighted by molar-refractivity contribution is 7.98. The number of halogens is 1. The predicted molar refractivity (Wildman–Crippen MR) is 84.6 cm³/mol. The van der Waals surface area contributed by atoms with E-state index in [9.17, 15) is 4.39 Å². The van der Waals surface area contributed by atoms with Crippen LogP contribution in [0.2, 0.25) is 0 Å². The molecule has 0 heterocycles. The van der Waals surface area contributed by atoms with Crippen LogP contribution in [0.3, 0.4) is 0 Å². The van der Waals surface area contributed by atoms with Gasteiger partial charge in [0.2, 0.25) is 0 Å². The van der Waals surface area contributed by atoms with E-state index in [-0.39, 0.29) is 11.9 Å². The van der Waals surface area contributed by atoms with Gasteiger partial charge in [0, 0.05) is 16.7 Å². The van der Waals surface area contributed by atoms with Gasteiger partial charge in [0.05, 0.1) is 0 Å². The van der Waals surface area contributed by atoms with Crippen molar-refractivity contribution < 1.29 is 4.39 Å². The minimum absolute atomic E-state index is 0.144. The maximum atomic E-state index is 13.4. The van der Waals surface area contributed by atoms with Gasteiger partial charge in [0.1, 0.15) is 5.82 Å². The van der Waals surface area contributed by atoms with Gasteiger partial charge in [0.25, 0.3) is 0 Å². The van der Waals surface area contributed by atoms with Crippen molar-refractivity contribution in [3.8, 4) is 0 Å². The second-order valence-corrected chi connectivity index (χ2v) is 5.99. The smallest absolute Gasteiger partial charge is 0.123 e. The van der Waals surface area contributed by atoms with Crippen molar-refractivity contribution in [1.82, 2.24) is 5.32 Å². The Morgan fingerprint density at radius 3 is 2.70 bits per heavy atom. The SMILES string of the molecule is CNC(C)c1cc(F)ccc1SCc1cccc(C)c1. The van der Waals surface area contributed by atoms with E-state index in [2.05, 4.69) is 36.5 Å². The molecule has 1 atom stereocenters. The molecule has 0 saturated heterocycles. The lowest BCUT2D eigenvalue weighted by atomic mass is 10.1. The van der Waals surface area contributed by atoms with E-state index in [1.54, 1.807) is 17.8 Å². The first-order valence-corrected chi connectivity index (χ1v) is 7.74. The zero-order valence-electron chi connectivity index (χ0n) is 12.1. The van der Waals surface area contributed by atoms with Crippen LogP contribution in [-0.4, -0.2) is 7.05 Å². The first-order valence-electron chi connectivity index (χ1n) is 6.75.